The molecule has 0 spiro atoms. The summed E-state index contributed by atoms with van der Waals surface area (Å²) in [6, 6.07) is 13.8. The van der Waals surface area contributed by atoms with Gasteiger partial charge in [0.05, 0.1) is 5.69 Å². The maximum atomic E-state index is 13.7. The number of rotatable bonds is 2. The Morgan fingerprint density at radius 2 is 1.85 bits per heavy atom. The van der Waals surface area contributed by atoms with Crippen molar-refractivity contribution in [2.45, 2.75) is 18.9 Å². The number of halogens is 2. The lowest BCUT2D eigenvalue weighted by atomic mass is 9.85. The molecule has 1 aliphatic heterocycles. The molecule has 132 valence electrons. The fraction of sp³-hybridized carbons (Fsp3) is 0.200. The molecule has 1 unspecified atom stereocenters. The number of anilines is 1. The van der Waals surface area contributed by atoms with Crippen LogP contribution in [0.4, 0.5) is 14.6 Å². The molecule has 0 radical (unpaired) electrons. The van der Waals surface area contributed by atoms with Crippen LogP contribution in [0, 0.1) is 11.6 Å². The SMILES string of the molecule is Nc1ccc(-c2ccc3c(c2)CNCCC3c2ccc(F)c(F)c2)nn1. The first-order valence-corrected chi connectivity index (χ1v) is 8.50. The third-order valence-electron chi connectivity index (χ3n) is 4.77. The molecule has 3 N–H and O–H groups in total. The summed E-state index contributed by atoms with van der Waals surface area (Å²) in [5.74, 6) is -1.24. The van der Waals surface area contributed by atoms with E-state index in [2.05, 4.69) is 21.6 Å². The zero-order chi connectivity index (χ0) is 18.1. The molecule has 0 fully saturated rings. The highest BCUT2D eigenvalue weighted by atomic mass is 19.2. The number of nitrogens with zero attached hydrogens (tertiary/aromatic N) is 2. The van der Waals surface area contributed by atoms with E-state index in [-0.39, 0.29) is 5.92 Å². The highest BCUT2D eigenvalue weighted by Crippen LogP contribution is 2.34. The number of hydrogen-bond acceptors (Lipinski definition) is 4. The number of hydrogen-bond donors (Lipinski definition) is 2. The molecular weight excluding hydrogens is 334 g/mol. The Kier molecular flexibility index (Phi) is 4.34. The van der Waals surface area contributed by atoms with Crippen LogP contribution in [0.3, 0.4) is 0 Å². The molecule has 4 rings (SSSR count). The van der Waals surface area contributed by atoms with Gasteiger partial charge in [0, 0.05) is 18.0 Å². The quantitative estimate of drug-likeness (QED) is 0.739. The minimum absolute atomic E-state index is 0.0154. The molecule has 4 nitrogen and oxygen atoms in total. The zero-order valence-corrected chi connectivity index (χ0v) is 14.0. The molecule has 1 aromatic heterocycles. The summed E-state index contributed by atoms with van der Waals surface area (Å²) in [5.41, 5.74) is 10.3. The number of nitrogens with two attached hydrogens (primary N) is 1. The van der Waals surface area contributed by atoms with Gasteiger partial charge in [-0.3, -0.25) is 0 Å². The van der Waals surface area contributed by atoms with Crippen molar-refractivity contribution in [3.8, 4) is 11.3 Å². The predicted molar refractivity (Wildman–Crippen MR) is 96.4 cm³/mol. The van der Waals surface area contributed by atoms with Gasteiger partial charge in [0.2, 0.25) is 0 Å². The Morgan fingerprint density at radius 1 is 0.962 bits per heavy atom. The monoisotopic (exact) mass is 352 g/mol. The van der Waals surface area contributed by atoms with Crippen LogP contribution in [0.5, 0.6) is 0 Å². The summed E-state index contributed by atoms with van der Waals surface area (Å²) in [6.07, 6.45) is 0.819. The second kappa shape index (κ2) is 6.80. The van der Waals surface area contributed by atoms with Gasteiger partial charge in [0.1, 0.15) is 5.82 Å². The smallest absolute Gasteiger partial charge is 0.159 e. The lowest BCUT2D eigenvalue weighted by Crippen LogP contribution is -2.12. The molecular formula is C20H18F2N4. The molecule has 0 bridgehead atoms. The second-order valence-electron chi connectivity index (χ2n) is 6.45. The van der Waals surface area contributed by atoms with Crippen molar-refractivity contribution in [3.05, 3.63) is 76.9 Å². The Bertz CT molecular complexity index is 941. The number of benzene rings is 2. The fourth-order valence-electron chi connectivity index (χ4n) is 3.45. The summed E-state index contributed by atoms with van der Waals surface area (Å²) in [6.45, 7) is 1.51. The maximum absolute atomic E-state index is 13.7. The first-order chi connectivity index (χ1) is 12.6. The third-order valence-corrected chi connectivity index (χ3v) is 4.77. The van der Waals surface area contributed by atoms with Gasteiger partial charge in [-0.2, -0.15) is 0 Å². The van der Waals surface area contributed by atoms with Gasteiger partial charge in [0.15, 0.2) is 11.6 Å². The van der Waals surface area contributed by atoms with Crippen LogP contribution in [0.2, 0.25) is 0 Å². The summed E-state index contributed by atoms with van der Waals surface area (Å²) in [7, 11) is 0. The van der Waals surface area contributed by atoms with E-state index in [4.69, 9.17) is 5.73 Å². The first-order valence-electron chi connectivity index (χ1n) is 8.50. The molecule has 2 heterocycles. The number of nitrogens with one attached hydrogen (secondary N) is 1. The van der Waals surface area contributed by atoms with Crippen LogP contribution in [-0.4, -0.2) is 16.7 Å². The fourth-order valence-corrected chi connectivity index (χ4v) is 3.45. The lowest BCUT2D eigenvalue weighted by Gasteiger charge is -2.19. The van der Waals surface area contributed by atoms with E-state index < -0.39 is 11.6 Å². The van der Waals surface area contributed by atoms with Crippen molar-refractivity contribution in [2.24, 2.45) is 0 Å². The van der Waals surface area contributed by atoms with Crippen LogP contribution >= 0.6 is 0 Å². The lowest BCUT2D eigenvalue weighted by molar-refractivity contribution is 0.505. The molecule has 0 amide bonds. The van der Waals surface area contributed by atoms with Crippen LogP contribution in [0.1, 0.15) is 29.0 Å². The normalized spacial score (nSPS) is 16.8. The highest BCUT2D eigenvalue weighted by Gasteiger charge is 2.22. The van der Waals surface area contributed by atoms with Crippen molar-refractivity contribution in [1.82, 2.24) is 15.5 Å². The molecule has 2 aromatic carbocycles. The maximum Gasteiger partial charge on any atom is 0.159 e. The highest BCUT2D eigenvalue weighted by molar-refractivity contribution is 5.62. The Labute approximate surface area is 150 Å². The van der Waals surface area contributed by atoms with Crippen LogP contribution in [0.15, 0.2) is 48.5 Å². The minimum Gasteiger partial charge on any atom is -0.382 e. The molecule has 0 saturated heterocycles. The summed E-state index contributed by atoms with van der Waals surface area (Å²) in [4.78, 5) is 0. The van der Waals surface area contributed by atoms with Crippen LogP contribution in [-0.2, 0) is 6.54 Å². The average Bonchev–Trinajstić information content (AvgIpc) is 2.86. The van der Waals surface area contributed by atoms with Gasteiger partial charge in [-0.25, -0.2) is 8.78 Å². The molecule has 1 atom stereocenters. The van der Waals surface area contributed by atoms with Crippen LogP contribution < -0.4 is 11.1 Å². The standard InChI is InChI=1S/C20H18F2N4/c21-17-4-2-12(10-18(17)22)16-7-8-24-11-14-9-13(1-3-15(14)16)19-5-6-20(23)26-25-19/h1-6,9-10,16,24H,7-8,11H2,(H2,23,26). The molecule has 6 heteroatoms. The number of fused-ring (bicyclic) bond motifs is 1. The zero-order valence-electron chi connectivity index (χ0n) is 14.0. The van der Waals surface area contributed by atoms with Crippen molar-refractivity contribution >= 4 is 5.82 Å². The Hall–Kier alpha value is -2.86. The second-order valence-corrected chi connectivity index (χ2v) is 6.45. The van der Waals surface area contributed by atoms with Crippen molar-refractivity contribution in [1.29, 1.82) is 0 Å². The van der Waals surface area contributed by atoms with Crippen molar-refractivity contribution in [2.75, 3.05) is 12.3 Å². The summed E-state index contributed by atoms with van der Waals surface area (Å²) < 4.78 is 27.0. The van der Waals surface area contributed by atoms with Crippen molar-refractivity contribution < 1.29 is 8.78 Å². The molecule has 3 aromatic rings. The minimum atomic E-state index is -0.821. The molecule has 0 aliphatic carbocycles. The third kappa shape index (κ3) is 3.15. The largest absolute Gasteiger partial charge is 0.382 e. The van der Waals surface area contributed by atoms with E-state index in [1.54, 1.807) is 12.1 Å². The van der Waals surface area contributed by atoms with Crippen LogP contribution in [0.25, 0.3) is 11.3 Å². The van der Waals surface area contributed by atoms with Gasteiger partial charge in [-0.15, -0.1) is 10.2 Å². The molecule has 0 saturated carbocycles. The van der Waals surface area contributed by atoms with E-state index in [0.29, 0.717) is 12.4 Å². The number of nitrogen functional groups attached to an aromatic ring is 1. The molecule has 1 aliphatic rings. The van der Waals surface area contributed by atoms with Crippen molar-refractivity contribution in [3.63, 3.8) is 0 Å². The Morgan fingerprint density at radius 3 is 2.62 bits per heavy atom. The summed E-state index contributed by atoms with van der Waals surface area (Å²) >= 11 is 0. The van der Waals surface area contributed by atoms with E-state index in [9.17, 15) is 8.78 Å². The van der Waals surface area contributed by atoms with Gasteiger partial charge < -0.3 is 11.1 Å². The average molecular weight is 352 g/mol. The number of aromatic nitrogens is 2. The first kappa shape index (κ1) is 16.6. The molecule has 26 heavy (non-hydrogen) atoms. The van der Waals surface area contributed by atoms with E-state index in [1.165, 1.54) is 12.1 Å². The predicted octanol–water partition coefficient (Wildman–Crippen LogP) is 3.63. The van der Waals surface area contributed by atoms with E-state index in [1.807, 2.05) is 18.2 Å². The van der Waals surface area contributed by atoms with Gasteiger partial charge in [-0.05, 0) is 60.0 Å². The van der Waals surface area contributed by atoms with E-state index in [0.717, 1.165) is 40.9 Å². The van der Waals surface area contributed by atoms with Gasteiger partial charge in [0.25, 0.3) is 0 Å². The van der Waals surface area contributed by atoms with Gasteiger partial charge >= 0.3 is 0 Å². The topological polar surface area (TPSA) is 63.8 Å². The van der Waals surface area contributed by atoms with Gasteiger partial charge in [-0.1, -0.05) is 18.2 Å². The Balaban J connectivity index is 1.75. The summed E-state index contributed by atoms with van der Waals surface area (Å²) in [5, 5.41) is 11.4. The van der Waals surface area contributed by atoms with E-state index >= 15 is 0 Å².